The topological polar surface area (TPSA) is 35.5 Å². The number of aryl methyl sites for hydroxylation is 1. The largest absolute Gasteiger partial charge is 0.423 e. The molecule has 3 rings (SSSR count). The van der Waals surface area contributed by atoms with Gasteiger partial charge in [-0.2, -0.15) is 0 Å². The molecular weight excluding hydrogens is 331 g/mol. The molecule has 3 nitrogen and oxygen atoms in total. The predicted octanol–water partition coefficient (Wildman–Crippen LogP) is 6.55. The molecule has 0 saturated carbocycles. The van der Waals surface area contributed by atoms with Gasteiger partial charge in [0.25, 0.3) is 0 Å². The summed E-state index contributed by atoms with van der Waals surface area (Å²) in [5.74, 6) is 0.675. The number of benzene rings is 2. The van der Waals surface area contributed by atoms with Gasteiger partial charge in [0.05, 0.1) is 6.61 Å². The summed E-state index contributed by atoms with van der Waals surface area (Å²) in [6, 6.07) is 14.8. The first-order valence-electron chi connectivity index (χ1n) is 9.09. The first kappa shape index (κ1) is 18.2. The van der Waals surface area contributed by atoms with Gasteiger partial charge in [-0.05, 0) is 56.4 Å². The van der Waals surface area contributed by atoms with Crippen LogP contribution in [0.25, 0.3) is 11.1 Å². The molecule has 0 amide bonds. The number of hydrogen-bond acceptors (Lipinski definition) is 3. The first-order chi connectivity index (χ1) is 11.9. The third-order valence-corrected chi connectivity index (χ3v) is 7.59. The highest BCUT2D eigenvalue weighted by atomic mass is 31.2. The molecule has 1 aliphatic rings. The van der Waals surface area contributed by atoms with Crippen LogP contribution in [0.15, 0.2) is 42.5 Å². The average molecular weight is 358 g/mol. The Morgan fingerprint density at radius 2 is 1.72 bits per heavy atom. The zero-order chi connectivity index (χ0) is 18.1. The molecule has 25 heavy (non-hydrogen) atoms. The molecule has 1 atom stereocenters. The molecule has 0 spiro atoms. The second kappa shape index (κ2) is 6.97. The lowest BCUT2D eigenvalue weighted by Gasteiger charge is -2.24. The zero-order valence-electron chi connectivity index (χ0n) is 15.5. The Morgan fingerprint density at radius 1 is 1.04 bits per heavy atom. The van der Waals surface area contributed by atoms with E-state index in [0.717, 1.165) is 23.1 Å². The molecule has 1 aliphatic heterocycles. The zero-order valence-corrected chi connectivity index (χ0v) is 16.4. The van der Waals surface area contributed by atoms with E-state index in [9.17, 15) is 4.57 Å². The SMILES string of the molecule is CCCCc1ccc(-c2ccc3c(c2)OP(=O)(OCC)C3(C)C)cc1. The normalized spacial score (nSPS) is 21.0. The molecule has 2 aromatic carbocycles. The number of rotatable bonds is 6. The van der Waals surface area contributed by atoms with E-state index in [2.05, 4.69) is 37.3 Å². The van der Waals surface area contributed by atoms with Crippen molar-refractivity contribution >= 4 is 7.60 Å². The first-order valence-corrected chi connectivity index (χ1v) is 10.6. The van der Waals surface area contributed by atoms with Gasteiger partial charge < -0.3 is 4.52 Å². The third-order valence-electron chi connectivity index (χ3n) is 4.95. The standard InChI is InChI=1S/C21H27O3P/c1-5-7-8-16-9-11-17(12-10-16)18-13-14-19-20(15-18)24-25(22,23-6-2)21(19,3)4/h9-15H,5-8H2,1-4H3. The molecule has 1 unspecified atom stereocenters. The summed E-state index contributed by atoms with van der Waals surface area (Å²) in [7, 11) is -3.19. The van der Waals surface area contributed by atoms with Crippen LogP contribution in [-0.4, -0.2) is 6.61 Å². The van der Waals surface area contributed by atoms with Crippen LogP contribution < -0.4 is 4.52 Å². The Balaban J connectivity index is 1.90. The fourth-order valence-electron chi connectivity index (χ4n) is 3.28. The van der Waals surface area contributed by atoms with Crippen LogP contribution >= 0.6 is 7.60 Å². The average Bonchev–Trinajstić information content (AvgIpc) is 2.79. The van der Waals surface area contributed by atoms with Crippen molar-refractivity contribution in [2.45, 2.75) is 52.1 Å². The Kier molecular flexibility index (Phi) is 5.09. The van der Waals surface area contributed by atoms with Gasteiger partial charge in [0.2, 0.25) is 0 Å². The van der Waals surface area contributed by atoms with Crippen molar-refractivity contribution < 1.29 is 13.6 Å². The van der Waals surface area contributed by atoms with Crippen molar-refractivity contribution in [1.29, 1.82) is 0 Å². The summed E-state index contributed by atoms with van der Waals surface area (Å²) < 4.78 is 24.4. The molecule has 2 aromatic rings. The van der Waals surface area contributed by atoms with E-state index in [4.69, 9.17) is 9.05 Å². The van der Waals surface area contributed by atoms with Crippen LogP contribution in [0.4, 0.5) is 0 Å². The fourth-order valence-corrected chi connectivity index (χ4v) is 5.11. The maximum atomic E-state index is 13.1. The van der Waals surface area contributed by atoms with Gasteiger partial charge in [-0.25, -0.2) is 4.57 Å². The summed E-state index contributed by atoms with van der Waals surface area (Å²) in [4.78, 5) is 0. The second-order valence-electron chi connectivity index (χ2n) is 7.08. The lowest BCUT2D eigenvalue weighted by Crippen LogP contribution is -2.15. The van der Waals surface area contributed by atoms with E-state index >= 15 is 0 Å². The molecule has 0 saturated heterocycles. The molecule has 0 aromatic heterocycles. The Labute approximate surface area is 150 Å². The highest BCUT2D eigenvalue weighted by Crippen LogP contribution is 2.70. The van der Waals surface area contributed by atoms with E-state index in [1.54, 1.807) is 0 Å². The summed E-state index contributed by atoms with van der Waals surface area (Å²) in [6.45, 7) is 8.28. The lowest BCUT2D eigenvalue weighted by molar-refractivity contribution is 0.270. The Morgan fingerprint density at radius 3 is 2.36 bits per heavy atom. The van der Waals surface area contributed by atoms with Crippen molar-refractivity contribution in [3.05, 3.63) is 53.6 Å². The van der Waals surface area contributed by atoms with Crippen LogP contribution in [0.1, 0.15) is 51.7 Å². The van der Waals surface area contributed by atoms with E-state index in [1.807, 2.05) is 32.9 Å². The van der Waals surface area contributed by atoms with Gasteiger partial charge in [-0.1, -0.05) is 49.7 Å². The van der Waals surface area contributed by atoms with E-state index < -0.39 is 12.8 Å². The highest BCUT2D eigenvalue weighted by Gasteiger charge is 2.53. The molecule has 4 heteroatoms. The van der Waals surface area contributed by atoms with Crippen molar-refractivity contribution in [1.82, 2.24) is 0 Å². The molecule has 134 valence electrons. The number of unbranched alkanes of at least 4 members (excludes halogenated alkanes) is 1. The minimum absolute atomic E-state index is 0.376. The number of fused-ring (bicyclic) bond motifs is 1. The van der Waals surface area contributed by atoms with Crippen LogP contribution in [0.2, 0.25) is 0 Å². The second-order valence-corrected chi connectivity index (χ2v) is 9.63. The molecule has 0 bridgehead atoms. The lowest BCUT2D eigenvalue weighted by atomic mass is 9.96. The fraction of sp³-hybridized carbons (Fsp3) is 0.429. The highest BCUT2D eigenvalue weighted by molar-refractivity contribution is 7.56. The monoisotopic (exact) mass is 358 g/mol. The number of hydrogen-bond donors (Lipinski definition) is 0. The minimum Gasteiger partial charge on any atom is -0.423 e. The molecule has 0 radical (unpaired) electrons. The van der Waals surface area contributed by atoms with Crippen molar-refractivity contribution in [2.24, 2.45) is 0 Å². The van der Waals surface area contributed by atoms with E-state index in [1.165, 1.54) is 18.4 Å². The maximum absolute atomic E-state index is 13.1. The predicted molar refractivity (Wildman–Crippen MR) is 103 cm³/mol. The van der Waals surface area contributed by atoms with Gasteiger partial charge in [-0.15, -0.1) is 0 Å². The van der Waals surface area contributed by atoms with Gasteiger partial charge in [0, 0.05) is 5.56 Å². The summed E-state index contributed by atoms with van der Waals surface area (Å²) in [6.07, 6.45) is 3.54. The van der Waals surface area contributed by atoms with Crippen LogP contribution in [0.5, 0.6) is 5.75 Å². The van der Waals surface area contributed by atoms with E-state index in [-0.39, 0.29) is 0 Å². The molecule has 1 heterocycles. The van der Waals surface area contributed by atoms with Crippen molar-refractivity contribution in [3.63, 3.8) is 0 Å². The summed E-state index contributed by atoms with van der Waals surface area (Å²) in [5, 5.41) is -0.624. The van der Waals surface area contributed by atoms with Gasteiger partial charge in [0.15, 0.2) is 0 Å². The van der Waals surface area contributed by atoms with Crippen molar-refractivity contribution in [2.75, 3.05) is 6.61 Å². The van der Waals surface area contributed by atoms with Crippen LogP contribution in [0.3, 0.4) is 0 Å². The summed E-state index contributed by atoms with van der Waals surface area (Å²) >= 11 is 0. The third kappa shape index (κ3) is 3.28. The van der Waals surface area contributed by atoms with E-state index in [0.29, 0.717) is 12.4 Å². The van der Waals surface area contributed by atoms with Gasteiger partial charge >= 0.3 is 7.60 Å². The van der Waals surface area contributed by atoms with Gasteiger partial charge in [0.1, 0.15) is 10.9 Å². The van der Waals surface area contributed by atoms with Crippen LogP contribution in [-0.2, 0) is 20.7 Å². The quantitative estimate of drug-likeness (QED) is 0.549. The molecule has 0 fully saturated rings. The van der Waals surface area contributed by atoms with Crippen LogP contribution in [0, 0.1) is 0 Å². The molecule has 0 N–H and O–H groups in total. The Hall–Kier alpha value is -1.57. The molecular formula is C21H27O3P. The summed E-state index contributed by atoms with van der Waals surface area (Å²) in [5.41, 5.74) is 4.53. The minimum atomic E-state index is -3.19. The molecule has 0 aliphatic carbocycles. The smallest absolute Gasteiger partial charge is 0.389 e. The Bertz CT molecular complexity index is 793. The van der Waals surface area contributed by atoms with Crippen molar-refractivity contribution in [3.8, 4) is 16.9 Å². The van der Waals surface area contributed by atoms with Gasteiger partial charge in [-0.3, -0.25) is 4.52 Å². The maximum Gasteiger partial charge on any atom is 0.389 e.